The van der Waals surface area contributed by atoms with Crippen molar-refractivity contribution < 1.29 is 30.0 Å². The summed E-state index contributed by atoms with van der Waals surface area (Å²) < 4.78 is 6.17. The summed E-state index contributed by atoms with van der Waals surface area (Å²) in [6.45, 7) is 16.6. The first kappa shape index (κ1) is 32.9. The molecule has 10 atom stereocenters. The number of aliphatic hydroxyl groups is 2. The number of esters is 1. The quantitative estimate of drug-likeness (QED) is 0.151. The van der Waals surface area contributed by atoms with Crippen molar-refractivity contribution >= 4 is 12.0 Å². The van der Waals surface area contributed by atoms with E-state index in [1.54, 1.807) is 12.1 Å². The lowest BCUT2D eigenvalue weighted by molar-refractivity contribution is -0.255. The molecule has 6 rings (SSSR count). The number of hydrogen-bond acceptors (Lipinski definition) is 6. The normalized spacial score (nSPS) is 44.0. The number of phenols is 2. The minimum absolute atomic E-state index is 0.0415. The van der Waals surface area contributed by atoms with Gasteiger partial charge in [0.1, 0.15) is 6.10 Å². The average molecular weight is 623 g/mol. The lowest BCUT2D eigenvalue weighted by Gasteiger charge is -2.73. The fraction of sp³-hybridized carbons (Fsp3) is 0.769. The van der Waals surface area contributed by atoms with Gasteiger partial charge in [0, 0.05) is 18.1 Å². The topological polar surface area (TPSA) is 107 Å². The lowest BCUT2D eigenvalue weighted by Crippen LogP contribution is -2.67. The molecule has 0 heterocycles. The van der Waals surface area contributed by atoms with E-state index in [9.17, 15) is 25.2 Å². The number of fused-ring (bicyclic) bond motifs is 7. The van der Waals surface area contributed by atoms with E-state index in [4.69, 9.17) is 4.74 Å². The summed E-state index contributed by atoms with van der Waals surface area (Å²) in [5, 5.41) is 41.5. The first-order valence-electron chi connectivity index (χ1n) is 17.7. The van der Waals surface area contributed by atoms with Gasteiger partial charge >= 0.3 is 5.97 Å². The molecule has 0 spiro atoms. The Labute approximate surface area is 270 Å². The van der Waals surface area contributed by atoms with Gasteiger partial charge in [-0.05, 0) is 153 Å². The van der Waals surface area contributed by atoms with Gasteiger partial charge in [0.2, 0.25) is 0 Å². The van der Waals surface area contributed by atoms with Crippen molar-refractivity contribution in [2.75, 3.05) is 6.61 Å². The van der Waals surface area contributed by atoms with Crippen LogP contribution in [0.25, 0.3) is 6.08 Å². The van der Waals surface area contributed by atoms with Gasteiger partial charge in [-0.15, -0.1) is 0 Å². The Hall–Kier alpha value is -2.05. The molecular formula is C39H58O6. The van der Waals surface area contributed by atoms with Gasteiger partial charge in [0.25, 0.3) is 0 Å². The number of ether oxygens (including phenoxy) is 1. The van der Waals surface area contributed by atoms with E-state index in [-0.39, 0.29) is 63.2 Å². The van der Waals surface area contributed by atoms with Crippen LogP contribution in [0.5, 0.6) is 11.5 Å². The number of aliphatic hydroxyl groups excluding tert-OH is 1. The van der Waals surface area contributed by atoms with Gasteiger partial charge in [-0.2, -0.15) is 0 Å². The summed E-state index contributed by atoms with van der Waals surface area (Å²) in [5.74, 6) is 1.39. The first-order chi connectivity index (χ1) is 20.9. The summed E-state index contributed by atoms with van der Waals surface area (Å²) in [7, 11) is 0. The summed E-state index contributed by atoms with van der Waals surface area (Å²) in [5.41, 5.74) is 0.197. The Morgan fingerprint density at radius 3 is 2.29 bits per heavy atom. The van der Waals surface area contributed by atoms with Crippen LogP contribution in [-0.4, -0.2) is 44.7 Å². The lowest BCUT2D eigenvalue weighted by atomic mass is 9.32. The number of carbonyl (C=O) groups is 1. The van der Waals surface area contributed by atoms with Crippen LogP contribution in [0.3, 0.4) is 0 Å². The van der Waals surface area contributed by atoms with Gasteiger partial charge in [-0.25, -0.2) is 4.79 Å². The molecule has 0 unspecified atom stereocenters. The summed E-state index contributed by atoms with van der Waals surface area (Å²) in [6, 6.07) is 4.49. The molecule has 4 N–H and O–H groups in total. The van der Waals surface area contributed by atoms with Crippen LogP contribution in [-0.2, 0) is 9.53 Å². The molecule has 5 saturated carbocycles. The Bertz CT molecular complexity index is 1340. The van der Waals surface area contributed by atoms with Crippen molar-refractivity contribution in [3.8, 4) is 11.5 Å². The Balaban J connectivity index is 1.23. The number of phenolic OH excluding ortho intramolecular Hbond substituents is 2. The molecular weight excluding hydrogens is 564 g/mol. The maximum absolute atomic E-state index is 13.0. The van der Waals surface area contributed by atoms with Gasteiger partial charge in [-0.3, -0.25) is 0 Å². The highest BCUT2D eigenvalue weighted by Crippen LogP contribution is 2.77. The van der Waals surface area contributed by atoms with E-state index in [1.807, 2.05) is 13.8 Å². The smallest absolute Gasteiger partial charge is 0.331 e. The van der Waals surface area contributed by atoms with Crippen LogP contribution in [0.2, 0.25) is 0 Å². The van der Waals surface area contributed by atoms with Crippen LogP contribution < -0.4 is 0 Å². The molecule has 45 heavy (non-hydrogen) atoms. The van der Waals surface area contributed by atoms with Crippen LogP contribution in [0.4, 0.5) is 0 Å². The third-order valence-corrected chi connectivity index (χ3v) is 15.4. The van der Waals surface area contributed by atoms with E-state index in [2.05, 4.69) is 34.6 Å². The molecule has 6 nitrogen and oxygen atoms in total. The Morgan fingerprint density at radius 2 is 1.62 bits per heavy atom. The Morgan fingerprint density at radius 1 is 0.889 bits per heavy atom. The fourth-order valence-corrected chi connectivity index (χ4v) is 13.0. The SMILES string of the molecule is CC(C)(O)[C@@H]1CC[C@]2(CO)CC[C@]3(C)[C@H](CC[C@@H]4[C@@]5(C)CC[C@H](OC(=O)C=Cc6ccc(O)c(O)c6)C(C)(C)[C@@H]5CC[C@]43C)[C@@H]12. The van der Waals surface area contributed by atoms with E-state index >= 15 is 0 Å². The molecule has 6 heteroatoms. The second-order valence-corrected chi connectivity index (χ2v) is 17.9. The van der Waals surface area contributed by atoms with Crippen molar-refractivity contribution in [1.29, 1.82) is 0 Å². The predicted octanol–water partition coefficient (Wildman–Crippen LogP) is 7.87. The summed E-state index contributed by atoms with van der Waals surface area (Å²) >= 11 is 0. The highest BCUT2D eigenvalue weighted by Gasteiger charge is 2.71. The molecule has 1 aromatic carbocycles. The second kappa shape index (κ2) is 10.7. The number of benzene rings is 1. The first-order valence-corrected chi connectivity index (χ1v) is 17.7. The average Bonchev–Trinajstić information content (AvgIpc) is 3.36. The molecule has 0 bridgehead atoms. The molecule has 5 aliphatic carbocycles. The minimum Gasteiger partial charge on any atom is -0.504 e. The summed E-state index contributed by atoms with van der Waals surface area (Å²) in [4.78, 5) is 13.0. The molecule has 0 aliphatic heterocycles. The zero-order valence-corrected chi connectivity index (χ0v) is 28.7. The minimum atomic E-state index is -0.734. The highest BCUT2D eigenvalue weighted by atomic mass is 16.5. The standard InChI is InChI=1S/C39H58O6/c1-34(2)29-15-18-38(7)30(12-10-26-33-25(35(3,4)44)14-19-39(33,23-40)21-20-37(26,38)6)36(29,5)17-16-31(34)45-32(43)13-9-24-8-11-27(41)28(42)22-24/h8-9,11,13,22,25-26,29-31,33,40-42,44H,10,12,14-21,23H2,1-7H3/t25-,26-,29+,30-,31+,33-,36+,37-,38-,39-/m1/s1. The van der Waals surface area contributed by atoms with Crippen molar-refractivity contribution in [3.05, 3.63) is 29.8 Å². The fourth-order valence-electron chi connectivity index (χ4n) is 13.0. The van der Waals surface area contributed by atoms with Gasteiger partial charge in [-0.1, -0.05) is 40.7 Å². The second-order valence-electron chi connectivity index (χ2n) is 17.9. The summed E-state index contributed by atoms with van der Waals surface area (Å²) in [6.07, 6.45) is 13.7. The molecule has 0 saturated heterocycles. The Kier molecular flexibility index (Phi) is 7.84. The van der Waals surface area contributed by atoms with Crippen LogP contribution in [0.15, 0.2) is 24.3 Å². The molecule has 250 valence electrons. The van der Waals surface area contributed by atoms with Crippen LogP contribution >= 0.6 is 0 Å². The van der Waals surface area contributed by atoms with Crippen molar-refractivity contribution in [2.24, 2.45) is 56.7 Å². The maximum Gasteiger partial charge on any atom is 0.331 e. The maximum atomic E-state index is 13.0. The monoisotopic (exact) mass is 622 g/mol. The van der Waals surface area contributed by atoms with Gasteiger partial charge in [0.05, 0.1) is 5.60 Å². The predicted molar refractivity (Wildman–Crippen MR) is 176 cm³/mol. The van der Waals surface area contributed by atoms with Gasteiger partial charge < -0.3 is 25.2 Å². The molecule has 0 radical (unpaired) electrons. The third-order valence-electron chi connectivity index (χ3n) is 15.4. The van der Waals surface area contributed by atoms with Crippen molar-refractivity contribution in [3.63, 3.8) is 0 Å². The van der Waals surface area contributed by atoms with Gasteiger partial charge in [0.15, 0.2) is 11.5 Å². The van der Waals surface area contributed by atoms with Crippen LogP contribution in [0.1, 0.15) is 118 Å². The number of aromatic hydroxyl groups is 2. The largest absolute Gasteiger partial charge is 0.504 e. The third kappa shape index (κ3) is 4.81. The molecule has 1 aromatic rings. The zero-order valence-electron chi connectivity index (χ0n) is 28.7. The van der Waals surface area contributed by atoms with Crippen LogP contribution in [0, 0.1) is 56.7 Å². The van der Waals surface area contributed by atoms with E-state index < -0.39 is 5.60 Å². The van der Waals surface area contributed by atoms with E-state index in [1.165, 1.54) is 37.5 Å². The van der Waals surface area contributed by atoms with E-state index in [0.29, 0.717) is 29.2 Å². The molecule has 0 aromatic heterocycles. The van der Waals surface area contributed by atoms with E-state index in [0.717, 1.165) is 44.9 Å². The van der Waals surface area contributed by atoms with Crippen molar-refractivity contribution in [1.82, 2.24) is 0 Å². The molecule has 0 amide bonds. The number of carbonyl (C=O) groups excluding carboxylic acids is 1. The zero-order chi connectivity index (χ0) is 32.8. The molecule has 5 fully saturated rings. The highest BCUT2D eigenvalue weighted by molar-refractivity contribution is 5.87. The van der Waals surface area contributed by atoms with Crippen molar-refractivity contribution in [2.45, 2.75) is 124 Å². The number of rotatable bonds is 5. The molecule has 5 aliphatic rings. The number of hydrogen-bond donors (Lipinski definition) is 4.